The van der Waals surface area contributed by atoms with Crippen LogP contribution < -0.4 is 10.6 Å². The van der Waals surface area contributed by atoms with Crippen molar-refractivity contribution in [2.45, 2.75) is 46.6 Å². The van der Waals surface area contributed by atoms with E-state index >= 15 is 0 Å². The highest BCUT2D eigenvalue weighted by molar-refractivity contribution is 5.94. The molecule has 1 fully saturated rings. The van der Waals surface area contributed by atoms with E-state index in [0.717, 1.165) is 37.6 Å². The zero-order valence-corrected chi connectivity index (χ0v) is 15.8. The standard InChI is InChI=1S/C20H32N4O/c1-4-11-22-19(25)18-10-6-9-17(13-18)14-23-20(21-5-2)24-12-7-8-16(3)15-24/h6,9-10,13,16H,4-5,7-8,11-12,14-15H2,1-3H3,(H,21,23)(H,22,25). The fraction of sp³-hybridized carbons (Fsp3) is 0.600. The molecule has 0 aliphatic carbocycles. The van der Waals surface area contributed by atoms with Crippen molar-refractivity contribution in [2.75, 3.05) is 26.2 Å². The maximum absolute atomic E-state index is 12.1. The molecule has 2 rings (SSSR count). The van der Waals surface area contributed by atoms with Gasteiger partial charge in [0.25, 0.3) is 5.91 Å². The second-order valence-electron chi connectivity index (χ2n) is 6.82. The molecule has 0 bridgehead atoms. The van der Waals surface area contributed by atoms with Crippen LogP contribution in [0.25, 0.3) is 0 Å². The van der Waals surface area contributed by atoms with Crippen molar-refractivity contribution in [1.29, 1.82) is 0 Å². The van der Waals surface area contributed by atoms with Crippen molar-refractivity contribution in [3.63, 3.8) is 0 Å². The highest BCUT2D eigenvalue weighted by atomic mass is 16.1. The van der Waals surface area contributed by atoms with Gasteiger partial charge in [0.2, 0.25) is 0 Å². The second kappa shape index (κ2) is 10.1. The lowest BCUT2D eigenvalue weighted by atomic mass is 10.0. The molecule has 0 saturated carbocycles. The maximum Gasteiger partial charge on any atom is 0.251 e. The highest BCUT2D eigenvalue weighted by Gasteiger charge is 2.19. The number of carbonyl (C=O) groups is 1. The molecule has 1 amide bonds. The molecule has 0 aromatic heterocycles. The van der Waals surface area contributed by atoms with Gasteiger partial charge < -0.3 is 15.5 Å². The third-order valence-electron chi connectivity index (χ3n) is 4.43. The molecule has 1 aromatic carbocycles. The van der Waals surface area contributed by atoms with Gasteiger partial charge in [0.05, 0.1) is 6.54 Å². The van der Waals surface area contributed by atoms with Gasteiger partial charge in [-0.2, -0.15) is 0 Å². The summed E-state index contributed by atoms with van der Waals surface area (Å²) >= 11 is 0. The quantitative estimate of drug-likeness (QED) is 0.616. The Morgan fingerprint density at radius 2 is 2.16 bits per heavy atom. The number of nitrogens with one attached hydrogen (secondary N) is 2. The zero-order chi connectivity index (χ0) is 18.1. The van der Waals surface area contributed by atoms with Crippen LogP contribution in [0.5, 0.6) is 0 Å². The van der Waals surface area contributed by atoms with Crippen LogP contribution in [-0.4, -0.2) is 42.9 Å². The van der Waals surface area contributed by atoms with Crippen LogP contribution in [0.4, 0.5) is 0 Å². The van der Waals surface area contributed by atoms with Crippen LogP contribution in [-0.2, 0) is 6.54 Å². The molecule has 5 heteroatoms. The van der Waals surface area contributed by atoms with E-state index in [-0.39, 0.29) is 5.91 Å². The Hall–Kier alpha value is -2.04. The van der Waals surface area contributed by atoms with Gasteiger partial charge in [0.1, 0.15) is 0 Å². The second-order valence-corrected chi connectivity index (χ2v) is 6.82. The molecule has 5 nitrogen and oxygen atoms in total. The Morgan fingerprint density at radius 1 is 1.32 bits per heavy atom. The molecule has 1 aromatic rings. The van der Waals surface area contributed by atoms with E-state index in [2.05, 4.69) is 36.3 Å². The minimum Gasteiger partial charge on any atom is -0.357 e. The van der Waals surface area contributed by atoms with Crippen LogP contribution in [0.3, 0.4) is 0 Å². The summed E-state index contributed by atoms with van der Waals surface area (Å²) in [6.45, 7) is 10.7. The fourth-order valence-electron chi connectivity index (χ4n) is 3.13. The molecule has 25 heavy (non-hydrogen) atoms. The molecule has 1 heterocycles. The summed E-state index contributed by atoms with van der Waals surface area (Å²) in [7, 11) is 0. The number of carbonyl (C=O) groups excluding carboxylic acids is 1. The maximum atomic E-state index is 12.1. The topological polar surface area (TPSA) is 56.7 Å². The first-order chi connectivity index (χ1) is 12.1. The van der Waals surface area contributed by atoms with E-state index in [1.165, 1.54) is 12.8 Å². The number of hydrogen-bond acceptors (Lipinski definition) is 2. The smallest absolute Gasteiger partial charge is 0.251 e. The number of likely N-dealkylation sites (tertiary alicyclic amines) is 1. The molecule has 2 N–H and O–H groups in total. The van der Waals surface area contributed by atoms with Crippen LogP contribution in [0.2, 0.25) is 0 Å². The van der Waals surface area contributed by atoms with Crippen LogP contribution >= 0.6 is 0 Å². The number of guanidine groups is 1. The molecule has 1 unspecified atom stereocenters. The van der Waals surface area contributed by atoms with E-state index in [1.807, 2.05) is 24.3 Å². The molecule has 1 aliphatic heterocycles. The van der Waals surface area contributed by atoms with E-state index in [9.17, 15) is 4.79 Å². The van der Waals surface area contributed by atoms with Crippen LogP contribution in [0.15, 0.2) is 29.3 Å². The Balaban J connectivity index is 2.05. The summed E-state index contributed by atoms with van der Waals surface area (Å²) in [4.78, 5) is 19.3. The average molecular weight is 345 g/mol. The number of hydrogen-bond donors (Lipinski definition) is 2. The lowest BCUT2D eigenvalue weighted by molar-refractivity contribution is 0.0953. The van der Waals surface area contributed by atoms with Crippen LogP contribution in [0, 0.1) is 5.92 Å². The van der Waals surface area contributed by atoms with Crippen molar-refractivity contribution in [3.8, 4) is 0 Å². The Morgan fingerprint density at radius 3 is 2.88 bits per heavy atom. The van der Waals surface area contributed by atoms with Crippen molar-refractivity contribution in [2.24, 2.45) is 10.9 Å². The summed E-state index contributed by atoms with van der Waals surface area (Å²) in [6, 6.07) is 7.76. The first-order valence-electron chi connectivity index (χ1n) is 9.54. The third-order valence-corrected chi connectivity index (χ3v) is 4.43. The summed E-state index contributed by atoms with van der Waals surface area (Å²) in [5.74, 6) is 1.68. The summed E-state index contributed by atoms with van der Waals surface area (Å²) in [5.41, 5.74) is 1.77. The molecular weight excluding hydrogens is 312 g/mol. The fourth-order valence-corrected chi connectivity index (χ4v) is 3.13. The van der Waals surface area contributed by atoms with Gasteiger partial charge in [-0.15, -0.1) is 0 Å². The van der Waals surface area contributed by atoms with Crippen molar-refractivity contribution in [1.82, 2.24) is 15.5 Å². The van der Waals surface area contributed by atoms with Crippen molar-refractivity contribution >= 4 is 11.9 Å². The first kappa shape index (κ1) is 19.3. The molecule has 138 valence electrons. The monoisotopic (exact) mass is 344 g/mol. The lowest BCUT2D eigenvalue weighted by Gasteiger charge is -2.33. The number of nitrogens with zero attached hydrogens (tertiary/aromatic N) is 2. The highest BCUT2D eigenvalue weighted by Crippen LogP contribution is 2.16. The Kier molecular flexibility index (Phi) is 7.76. The zero-order valence-electron chi connectivity index (χ0n) is 15.8. The number of rotatable bonds is 6. The van der Waals surface area contributed by atoms with Gasteiger partial charge in [0.15, 0.2) is 5.96 Å². The largest absolute Gasteiger partial charge is 0.357 e. The number of benzene rings is 1. The molecule has 0 radical (unpaired) electrons. The van der Waals surface area contributed by atoms with Crippen molar-refractivity contribution in [3.05, 3.63) is 35.4 Å². The number of piperidine rings is 1. The predicted octanol–water partition coefficient (Wildman–Crippen LogP) is 3.02. The van der Waals surface area contributed by atoms with Gasteiger partial charge in [-0.3, -0.25) is 4.79 Å². The van der Waals surface area contributed by atoms with E-state index in [4.69, 9.17) is 4.99 Å². The molecule has 1 aliphatic rings. The SMILES string of the molecule is CCCNC(=O)c1cccc(CN=C(NCC)N2CCCC(C)C2)c1. The van der Waals surface area contributed by atoms with Gasteiger partial charge in [-0.1, -0.05) is 26.0 Å². The van der Waals surface area contributed by atoms with Gasteiger partial charge in [-0.25, -0.2) is 4.99 Å². The number of amides is 1. The van der Waals surface area contributed by atoms with E-state index < -0.39 is 0 Å². The third kappa shape index (κ3) is 6.07. The van der Waals surface area contributed by atoms with E-state index in [0.29, 0.717) is 24.6 Å². The lowest BCUT2D eigenvalue weighted by Crippen LogP contribution is -2.46. The normalized spacial score (nSPS) is 18.1. The van der Waals surface area contributed by atoms with Crippen LogP contribution in [0.1, 0.15) is 56.0 Å². The summed E-state index contributed by atoms with van der Waals surface area (Å²) in [6.07, 6.45) is 3.46. The minimum atomic E-state index is -0.00978. The summed E-state index contributed by atoms with van der Waals surface area (Å²) < 4.78 is 0. The first-order valence-corrected chi connectivity index (χ1v) is 9.54. The molecule has 1 atom stereocenters. The Labute approximate surface area is 151 Å². The summed E-state index contributed by atoms with van der Waals surface area (Å²) in [5, 5.41) is 6.33. The molecule has 0 spiro atoms. The Bertz CT molecular complexity index is 585. The molecule has 1 saturated heterocycles. The average Bonchev–Trinajstić information content (AvgIpc) is 2.63. The molecular formula is C20H32N4O. The van der Waals surface area contributed by atoms with Crippen molar-refractivity contribution < 1.29 is 4.79 Å². The minimum absolute atomic E-state index is 0.00978. The number of aliphatic imine (C=N–C) groups is 1. The predicted molar refractivity (Wildman–Crippen MR) is 104 cm³/mol. The van der Waals surface area contributed by atoms with E-state index in [1.54, 1.807) is 0 Å². The van der Waals surface area contributed by atoms with Gasteiger partial charge >= 0.3 is 0 Å². The van der Waals surface area contributed by atoms with Gasteiger partial charge in [-0.05, 0) is 49.8 Å². The van der Waals surface area contributed by atoms with Gasteiger partial charge in [0, 0.05) is 31.7 Å².